The summed E-state index contributed by atoms with van der Waals surface area (Å²) < 4.78 is 0. The molecule has 0 aromatic carbocycles. The minimum absolute atomic E-state index is 0.289. The Balaban J connectivity index is 3.06. The molecule has 376 valence electrons. The zero-order valence-corrected chi connectivity index (χ0v) is 46.6. The summed E-state index contributed by atoms with van der Waals surface area (Å²) in [5, 5.41) is 0. The molecule has 0 amide bonds. The van der Waals surface area contributed by atoms with Gasteiger partial charge in [0, 0.05) is 0 Å². The van der Waals surface area contributed by atoms with Gasteiger partial charge in [-0.25, -0.2) is 0 Å². The molecule has 0 heterocycles. The number of rotatable bonds is 59. The van der Waals surface area contributed by atoms with Gasteiger partial charge in [-0.05, 0) is 0 Å². The van der Waals surface area contributed by atoms with E-state index in [0.29, 0.717) is 0 Å². The van der Waals surface area contributed by atoms with Crippen LogP contribution in [0.25, 0.3) is 0 Å². The monoisotopic (exact) mass is 909 g/mol. The second-order valence-corrected chi connectivity index (χ2v) is 26.4. The quantitative estimate of drug-likeness (QED) is 0.0421. The summed E-state index contributed by atoms with van der Waals surface area (Å²) in [6.07, 6.45) is 87.0. The average molecular weight is 910 g/mol. The van der Waals surface area contributed by atoms with Crippen molar-refractivity contribution in [2.24, 2.45) is 0 Å². The smallest absolute Gasteiger partial charge is 0.0654 e. The van der Waals surface area contributed by atoms with E-state index in [9.17, 15) is 0 Å². The van der Waals surface area contributed by atoms with Crippen molar-refractivity contribution >= 4 is 16.5 Å². The van der Waals surface area contributed by atoms with E-state index < -0.39 is 0 Å². The maximum absolute atomic E-state index is 2.32. The Kier molecular flexibility index (Phi) is 62.7. The molecule has 62 heavy (non-hydrogen) atoms. The Labute approximate surface area is 400 Å². The standard InChI is InChI=1S/C60H126P2/c1-3-5-7-9-11-13-15-17-19-21-23-25-27-29-31-33-35-37-39-41-43-45-47-49-51-53-55-57-59-61-62-60-58-56-54-52-50-48-46-44-42-40-38-36-34-32-30-28-26-24-22-20-18-16-14-12-10-8-6-4-2/h61H,3-60H2,1-2,62H3. The summed E-state index contributed by atoms with van der Waals surface area (Å²) in [6, 6.07) is 0. The molecule has 2 heteroatoms. The Morgan fingerprint density at radius 1 is 0.177 bits per heavy atom. The molecular formula is C60H126P2. The van der Waals surface area contributed by atoms with Crippen molar-refractivity contribution in [2.45, 2.75) is 373 Å². The van der Waals surface area contributed by atoms with Gasteiger partial charge in [0.25, 0.3) is 0 Å². The number of hydrogen-bond acceptors (Lipinski definition) is 0. The first kappa shape index (κ1) is 62.9. The van der Waals surface area contributed by atoms with Crippen LogP contribution in [0.2, 0.25) is 0 Å². The molecule has 0 saturated heterocycles. The first-order valence-electron chi connectivity index (χ1n) is 30.6. The fourth-order valence-electron chi connectivity index (χ4n) is 10.1. The molecule has 0 bridgehead atoms. The Morgan fingerprint density at radius 3 is 0.500 bits per heavy atom. The van der Waals surface area contributed by atoms with Crippen molar-refractivity contribution in [1.82, 2.24) is 0 Å². The zero-order valence-electron chi connectivity index (χ0n) is 44.2. The Bertz CT molecular complexity index is 662. The number of hydrogen-bond donors (Lipinski definition) is 0. The fraction of sp³-hybridized carbons (Fsp3) is 1.00. The summed E-state index contributed by atoms with van der Waals surface area (Å²) in [5.74, 6) is 0. The minimum Gasteiger partial charge on any atom is -0.0654 e. The van der Waals surface area contributed by atoms with E-state index in [2.05, 4.69) is 13.8 Å². The van der Waals surface area contributed by atoms with Gasteiger partial charge >= 0.3 is 164 Å². The summed E-state index contributed by atoms with van der Waals surface area (Å²) in [5.41, 5.74) is 0. The van der Waals surface area contributed by atoms with Gasteiger partial charge in [0.2, 0.25) is 0 Å². The predicted molar refractivity (Wildman–Crippen MR) is 299 cm³/mol. The first-order valence-corrected chi connectivity index (χ1v) is 35.2. The summed E-state index contributed by atoms with van der Waals surface area (Å²) in [7, 11) is 1.68. The van der Waals surface area contributed by atoms with Crippen molar-refractivity contribution < 1.29 is 0 Å². The van der Waals surface area contributed by atoms with Crippen LogP contribution in [0.3, 0.4) is 0 Å². The van der Waals surface area contributed by atoms with E-state index in [4.69, 9.17) is 0 Å². The van der Waals surface area contributed by atoms with Crippen LogP contribution in [0.4, 0.5) is 0 Å². The molecule has 0 aromatic rings. The van der Waals surface area contributed by atoms with Crippen molar-refractivity contribution in [2.75, 3.05) is 12.3 Å². The second-order valence-electron chi connectivity index (χ2n) is 21.2. The molecule has 0 aliphatic rings. The molecule has 0 N–H and O–H groups in total. The molecule has 1 unspecified atom stereocenters. The molecule has 0 nitrogen and oxygen atoms in total. The Morgan fingerprint density at radius 2 is 0.323 bits per heavy atom. The van der Waals surface area contributed by atoms with Crippen LogP contribution in [0.1, 0.15) is 373 Å². The molecule has 0 saturated carbocycles. The van der Waals surface area contributed by atoms with Crippen LogP contribution >= 0.6 is 16.5 Å². The van der Waals surface area contributed by atoms with Crippen molar-refractivity contribution in [3.8, 4) is 0 Å². The van der Waals surface area contributed by atoms with Gasteiger partial charge in [-0.3, -0.25) is 0 Å². The van der Waals surface area contributed by atoms with E-state index in [1.807, 2.05) is 0 Å². The van der Waals surface area contributed by atoms with Gasteiger partial charge in [0.15, 0.2) is 0 Å². The van der Waals surface area contributed by atoms with Gasteiger partial charge in [0.1, 0.15) is 0 Å². The predicted octanol–water partition coefficient (Wildman–Crippen LogP) is 23.6. The second kappa shape index (κ2) is 61.9. The first-order chi connectivity index (χ1) is 30.9. The van der Waals surface area contributed by atoms with E-state index >= 15 is 0 Å². The van der Waals surface area contributed by atoms with Crippen LogP contribution in [0.15, 0.2) is 0 Å². The van der Waals surface area contributed by atoms with Crippen LogP contribution in [0.5, 0.6) is 0 Å². The van der Waals surface area contributed by atoms with E-state index in [1.165, 1.54) is 355 Å². The van der Waals surface area contributed by atoms with Crippen LogP contribution < -0.4 is 0 Å². The van der Waals surface area contributed by atoms with E-state index in [0.717, 1.165) is 0 Å². The molecule has 0 aromatic heterocycles. The molecule has 0 spiro atoms. The van der Waals surface area contributed by atoms with Gasteiger partial charge in [-0.15, -0.1) is 0 Å². The summed E-state index contributed by atoms with van der Waals surface area (Å²) in [4.78, 5) is 0. The molecule has 0 rings (SSSR count). The molecule has 0 fully saturated rings. The maximum atomic E-state index is 2.32. The van der Waals surface area contributed by atoms with Gasteiger partial charge in [-0.1, -0.05) is 239 Å². The van der Waals surface area contributed by atoms with Crippen LogP contribution in [-0.4, -0.2) is 12.3 Å². The molecular weight excluding hydrogens is 783 g/mol. The van der Waals surface area contributed by atoms with E-state index in [-0.39, 0.29) is 8.27 Å². The van der Waals surface area contributed by atoms with Crippen LogP contribution in [0, 0.1) is 0 Å². The Hall–Kier alpha value is 0.860. The summed E-state index contributed by atoms with van der Waals surface area (Å²) >= 11 is 0. The number of unbranched alkanes of at least 4 members (excludes halogenated alkanes) is 54. The van der Waals surface area contributed by atoms with Crippen molar-refractivity contribution in [3.63, 3.8) is 0 Å². The van der Waals surface area contributed by atoms with Crippen molar-refractivity contribution in [1.29, 1.82) is 0 Å². The van der Waals surface area contributed by atoms with Gasteiger partial charge < -0.3 is 0 Å². The molecule has 0 radical (unpaired) electrons. The average Bonchev–Trinajstić information content (AvgIpc) is 3.28. The van der Waals surface area contributed by atoms with Crippen molar-refractivity contribution in [3.05, 3.63) is 0 Å². The minimum atomic E-state index is 0.289. The topological polar surface area (TPSA) is 0 Å². The third kappa shape index (κ3) is 60.9. The normalized spacial score (nSPS) is 12.0. The third-order valence-corrected chi connectivity index (χ3v) is 19.8. The fourth-order valence-corrected chi connectivity index (χ4v) is 14.7. The molecule has 0 aliphatic carbocycles. The SMILES string of the molecule is CCCCCCCCCCCCCCCCCCCCCCCCCCCCCCP[PH3]CCCCCCCCCCCCCCCCCCCCCCCCCCCCCC. The third-order valence-electron chi connectivity index (χ3n) is 14.7. The van der Waals surface area contributed by atoms with Gasteiger partial charge in [0.05, 0.1) is 0 Å². The molecule has 0 aliphatic heterocycles. The summed E-state index contributed by atoms with van der Waals surface area (Å²) in [6.45, 7) is 4.63. The van der Waals surface area contributed by atoms with Gasteiger partial charge in [-0.2, -0.15) is 0 Å². The van der Waals surface area contributed by atoms with E-state index in [1.54, 1.807) is 25.2 Å². The zero-order chi connectivity index (χ0) is 44.4. The molecule has 1 atom stereocenters. The van der Waals surface area contributed by atoms with Crippen LogP contribution in [-0.2, 0) is 0 Å².